The Morgan fingerprint density at radius 2 is 2.06 bits per heavy atom. The molecule has 2 unspecified atom stereocenters. The summed E-state index contributed by atoms with van der Waals surface area (Å²) in [6.07, 6.45) is 1.92. The molecule has 18 heavy (non-hydrogen) atoms. The van der Waals surface area contributed by atoms with Gasteiger partial charge in [-0.15, -0.1) is 0 Å². The number of benzene rings is 1. The first-order valence-corrected chi connectivity index (χ1v) is 6.57. The fourth-order valence-corrected chi connectivity index (χ4v) is 2.99. The number of nitrogens with zero attached hydrogens (tertiary/aromatic N) is 1. The van der Waals surface area contributed by atoms with Gasteiger partial charge in [0.25, 0.3) is 0 Å². The van der Waals surface area contributed by atoms with E-state index in [9.17, 15) is 0 Å². The van der Waals surface area contributed by atoms with Crippen molar-refractivity contribution < 1.29 is 0 Å². The first-order valence-electron chi connectivity index (χ1n) is 6.20. The number of nitrogens with one attached hydrogen (secondary N) is 1. The van der Waals surface area contributed by atoms with Crippen molar-refractivity contribution in [3.63, 3.8) is 0 Å². The molecule has 1 aliphatic rings. The Bertz CT molecular complexity index is 559. The first kappa shape index (κ1) is 11.8. The molecule has 3 N–H and O–H groups in total. The third-order valence-corrected chi connectivity index (χ3v) is 4.02. The average molecular weight is 262 g/mol. The molecule has 2 atom stereocenters. The van der Waals surface area contributed by atoms with E-state index in [-0.39, 0.29) is 6.04 Å². The zero-order valence-electron chi connectivity index (χ0n) is 10.3. The molecule has 3 rings (SSSR count). The highest BCUT2D eigenvalue weighted by atomic mass is 35.5. The number of hydrogen-bond acceptors (Lipinski definition) is 2. The maximum Gasteiger partial charge on any atom is 0.0678 e. The van der Waals surface area contributed by atoms with Crippen LogP contribution in [0.1, 0.15) is 40.9 Å². The molecule has 2 aromatic rings. The van der Waals surface area contributed by atoms with E-state index in [1.807, 2.05) is 19.1 Å². The highest BCUT2D eigenvalue weighted by molar-refractivity contribution is 6.30. The van der Waals surface area contributed by atoms with E-state index in [0.717, 1.165) is 29.3 Å². The molecule has 94 valence electrons. The van der Waals surface area contributed by atoms with Gasteiger partial charge in [-0.2, -0.15) is 5.10 Å². The number of nitrogens with two attached hydrogens (primary N) is 1. The lowest BCUT2D eigenvalue weighted by Crippen LogP contribution is -2.23. The van der Waals surface area contributed by atoms with Crippen LogP contribution in [0.4, 0.5) is 0 Å². The Labute approximate surface area is 111 Å². The minimum absolute atomic E-state index is 0.0770. The van der Waals surface area contributed by atoms with E-state index >= 15 is 0 Å². The Kier molecular flexibility index (Phi) is 2.88. The summed E-state index contributed by atoms with van der Waals surface area (Å²) in [6.45, 7) is 2.04. The lowest BCUT2D eigenvalue weighted by atomic mass is 9.80. The molecule has 0 aliphatic heterocycles. The normalized spacial score (nSPS) is 22.8. The van der Waals surface area contributed by atoms with Gasteiger partial charge in [-0.25, -0.2) is 0 Å². The van der Waals surface area contributed by atoms with Gasteiger partial charge < -0.3 is 5.73 Å². The highest BCUT2D eigenvalue weighted by Crippen LogP contribution is 2.37. The maximum atomic E-state index is 6.26. The van der Waals surface area contributed by atoms with Crippen LogP contribution >= 0.6 is 11.6 Å². The second-order valence-corrected chi connectivity index (χ2v) is 5.44. The van der Waals surface area contributed by atoms with Gasteiger partial charge in [-0.05, 0) is 43.4 Å². The summed E-state index contributed by atoms with van der Waals surface area (Å²) < 4.78 is 0. The van der Waals surface area contributed by atoms with Crippen molar-refractivity contribution in [1.29, 1.82) is 0 Å². The van der Waals surface area contributed by atoms with Crippen LogP contribution in [0, 0.1) is 6.92 Å². The minimum atomic E-state index is 0.0770. The summed E-state index contributed by atoms with van der Waals surface area (Å²) in [5.41, 5.74) is 11.0. The van der Waals surface area contributed by atoms with Crippen LogP contribution in [-0.4, -0.2) is 10.2 Å². The SMILES string of the molecule is Cc1[nH]nc2c1C(N)CC(c1ccc(Cl)cc1)C2. The van der Waals surface area contributed by atoms with E-state index in [4.69, 9.17) is 17.3 Å². The molecule has 1 heterocycles. The summed E-state index contributed by atoms with van der Waals surface area (Å²) in [6, 6.07) is 8.13. The van der Waals surface area contributed by atoms with Gasteiger partial charge in [0.1, 0.15) is 0 Å². The Balaban J connectivity index is 1.92. The van der Waals surface area contributed by atoms with Gasteiger partial charge in [0.15, 0.2) is 0 Å². The van der Waals surface area contributed by atoms with Crippen molar-refractivity contribution in [2.45, 2.75) is 31.7 Å². The summed E-state index contributed by atoms with van der Waals surface area (Å²) in [5, 5.41) is 8.18. The van der Waals surface area contributed by atoms with Crippen molar-refractivity contribution >= 4 is 11.6 Å². The Hall–Kier alpha value is -1.32. The zero-order valence-corrected chi connectivity index (χ0v) is 11.0. The number of aromatic amines is 1. The molecule has 3 nitrogen and oxygen atoms in total. The Morgan fingerprint density at radius 1 is 1.33 bits per heavy atom. The molecule has 0 spiro atoms. The molecule has 1 aromatic heterocycles. The Morgan fingerprint density at radius 3 is 2.78 bits per heavy atom. The number of fused-ring (bicyclic) bond motifs is 1. The maximum absolute atomic E-state index is 6.26. The van der Waals surface area contributed by atoms with Crippen molar-refractivity contribution in [2.75, 3.05) is 0 Å². The lowest BCUT2D eigenvalue weighted by Gasteiger charge is -2.27. The second kappa shape index (κ2) is 4.41. The van der Waals surface area contributed by atoms with E-state index < -0.39 is 0 Å². The third-order valence-electron chi connectivity index (χ3n) is 3.76. The summed E-state index contributed by atoms with van der Waals surface area (Å²) >= 11 is 5.92. The van der Waals surface area contributed by atoms with E-state index in [1.165, 1.54) is 11.1 Å². The van der Waals surface area contributed by atoms with Crippen LogP contribution in [0.3, 0.4) is 0 Å². The molecule has 0 saturated heterocycles. The monoisotopic (exact) mass is 261 g/mol. The topological polar surface area (TPSA) is 54.7 Å². The summed E-state index contributed by atoms with van der Waals surface area (Å²) in [7, 11) is 0. The van der Waals surface area contributed by atoms with Gasteiger partial charge in [0, 0.05) is 22.3 Å². The number of rotatable bonds is 1. The molecule has 0 bridgehead atoms. The average Bonchev–Trinajstić information content (AvgIpc) is 2.72. The largest absolute Gasteiger partial charge is 0.324 e. The predicted molar refractivity (Wildman–Crippen MR) is 72.8 cm³/mol. The minimum Gasteiger partial charge on any atom is -0.324 e. The van der Waals surface area contributed by atoms with Gasteiger partial charge in [-0.1, -0.05) is 23.7 Å². The molecule has 0 amide bonds. The van der Waals surface area contributed by atoms with Crippen molar-refractivity contribution in [3.05, 3.63) is 51.8 Å². The zero-order chi connectivity index (χ0) is 12.7. The molecule has 4 heteroatoms. The quantitative estimate of drug-likeness (QED) is 0.829. The van der Waals surface area contributed by atoms with E-state index in [0.29, 0.717) is 5.92 Å². The molecule has 0 saturated carbocycles. The molecule has 0 radical (unpaired) electrons. The van der Waals surface area contributed by atoms with Crippen LogP contribution in [0.15, 0.2) is 24.3 Å². The summed E-state index contributed by atoms with van der Waals surface area (Å²) in [4.78, 5) is 0. The van der Waals surface area contributed by atoms with E-state index in [2.05, 4.69) is 22.3 Å². The fourth-order valence-electron chi connectivity index (χ4n) is 2.87. The fraction of sp³-hybridized carbons (Fsp3) is 0.357. The second-order valence-electron chi connectivity index (χ2n) is 5.00. The van der Waals surface area contributed by atoms with Crippen LogP contribution in [0.5, 0.6) is 0 Å². The van der Waals surface area contributed by atoms with Gasteiger partial charge in [-0.3, -0.25) is 5.10 Å². The van der Waals surface area contributed by atoms with Crippen LogP contribution in [0.25, 0.3) is 0 Å². The summed E-state index contributed by atoms with van der Waals surface area (Å²) in [5.74, 6) is 0.437. The molecule has 1 aliphatic carbocycles. The van der Waals surface area contributed by atoms with Crippen LogP contribution in [-0.2, 0) is 6.42 Å². The van der Waals surface area contributed by atoms with Gasteiger partial charge in [0.2, 0.25) is 0 Å². The number of aryl methyl sites for hydroxylation is 1. The van der Waals surface area contributed by atoms with Gasteiger partial charge >= 0.3 is 0 Å². The molecule has 1 aromatic carbocycles. The number of halogens is 1. The van der Waals surface area contributed by atoms with Crippen LogP contribution < -0.4 is 5.73 Å². The molecular weight excluding hydrogens is 246 g/mol. The first-order chi connectivity index (χ1) is 8.65. The van der Waals surface area contributed by atoms with E-state index in [1.54, 1.807) is 0 Å². The highest BCUT2D eigenvalue weighted by Gasteiger charge is 2.29. The standard InChI is InChI=1S/C14H16ClN3/c1-8-14-12(16)6-10(7-13(14)18-17-8)9-2-4-11(15)5-3-9/h2-5,10,12H,6-7,16H2,1H3,(H,17,18). The van der Waals surface area contributed by atoms with Crippen LogP contribution in [0.2, 0.25) is 5.02 Å². The number of H-pyrrole nitrogens is 1. The molecular formula is C14H16ClN3. The van der Waals surface area contributed by atoms with Crippen molar-refractivity contribution in [3.8, 4) is 0 Å². The number of aromatic nitrogens is 2. The third kappa shape index (κ3) is 1.93. The smallest absolute Gasteiger partial charge is 0.0678 e. The number of hydrogen-bond donors (Lipinski definition) is 2. The predicted octanol–water partition coefficient (Wildman–Crippen LogP) is 3.10. The lowest BCUT2D eigenvalue weighted by molar-refractivity contribution is 0.498. The van der Waals surface area contributed by atoms with Gasteiger partial charge in [0.05, 0.1) is 5.69 Å². The molecule has 0 fully saturated rings. The van der Waals surface area contributed by atoms with Crippen molar-refractivity contribution in [1.82, 2.24) is 10.2 Å². The van der Waals surface area contributed by atoms with Crippen molar-refractivity contribution in [2.24, 2.45) is 5.73 Å².